The van der Waals surface area contributed by atoms with Gasteiger partial charge in [0.1, 0.15) is 35.2 Å². The molecule has 2 N–H and O–H groups in total. The van der Waals surface area contributed by atoms with Crippen LogP contribution in [0, 0.1) is 11.3 Å². The summed E-state index contributed by atoms with van der Waals surface area (Å²) in [6, 6.07) is 7.02. The summed E-state index contributed by atoms with van der Waals surface area (Å²) in [4.78, 5) is 9.04. The Labute approximate surface area is 166 Å². The largest absolute Gasteiger partial charge is 0.495 e. The number of alkyl halides is 1. The quantitative estimate of drug-likeness (QED) is 0.686. The molecule has 29 heavy (non-hydrogen) atoms. The minimum Gasteiger partial charge on any atom is -0.495 e. The number of fused-ring (bicyclic) bond motifs is 1. The minimum atomic E-state index is -1.03. The highest BCUT2D eigenvalue weighted by Gasteiger charge is 2.30. The number of nitrogens with one attached hydrogen (secondary N) is 2. The summed E-state index contributed by atoms with van der Waals surface area (Å²) in [5.74, 6) is 1.52. The maximum atomic E-state index is 14.0. The van der Waals surface area contributed by atoms with E-state index in [1.807, 2.05) is 6.07 Å². The average molecular weight is 393 g/mol. The molecule has 2 fully saturated rings. The third-order valence-electron chi connectivity index (χ3n) is 5.41. The van der Waals surface area contributed by atoms with Crippen LogP contribution in [-0.2, 0) is 0 Å². The molecule has 1 saturated heterocycles. The highest BCUT2D eigenvalue weighted by molar-refractivity contribution is 5.65. The molecule has 148 valence electrons. The standard InChI is InChI=1S/C20H20FN7O/c1-29-17-6-18-24-10-16(28(18)27-19(17)11-2-3-11)14-5-4-12(7-22)20(25-14)26-15-9-23-8-13(15)21/h4-6,10-11,13,15,23H,2-3,8-9H2,1H3,(H,25,26). The van der Waals surface area contributed by atoms with E-state index in [0.717, 1.165) is 24.3 Å². The topological polar surface area (TPSA) is 100 Å². The zero-order valence-electron chi connectivity index (χ0n) is 15.9. The fourth-order valence-electron chi connectivity index (χ4n) is 3.66. The van der Waals surface area contributed by atoms with Crippen LogP contribution in [0.1, 0.15) is 30.0 Å². The van der Waals surface area contributed by atoms with Gasteiger partial charge in [-0.05, 0) is 25.0 Å². The lowest BCUT2D eigenvalue weighted by Crippen LogP contribution is -2.30. The second-order valence-corrected chi connectivity index (χ2v) is 7.42. The SMILES string of the molecule is COc1cc2ncc(-c3ccc(C#N)c(NC4CNCC4F)n3)n2nc1C1CC1. The molecular weight excluding hydrogens is 373 g/mol. The third kappa shape index (κ3) is 3.15. The Bertz CT molecular complexity index is 1120. The van der Waals surface area contributed by atoms with E-state index in [0.29, 0.717) is 47.4 Å². The molecule has 2 unspecified atom stereocenters. The molecule has 5 rings (SSSR count). The number of nitriles is 1. The Kier molecular flexibility index (Phi) is 4.28. The van der Waals surface area contributed by atoms with Crippen molar-refractivity contribution in [1.82, 2.24) is 24.9 Å². The van der Waals surface area contributed by atoms with Crippen molar-refractivity contribution in [3.8, 4) is 23.2 Å². The number of imidazole rings is 1. The van der Waals surface area contributed by atoms with Gasteiger partial charge in [-0.1, -0.05) is 0 Å². The van der Waals surface area contributed by atoms with E-state index in [2.05, 4.69) is 26.7 Å². The van der Waals surface area contributed by atoms with Crippen LogP contribution >= 0.6 is 0 Å². The molecular formula is C20H20FN7O. The van der Waals surface area contributed by atoms with Gasteiger partial charge in [0.2, 0.25) is 0 Å². The predicted molar refractivity (Wildman–Crippen MR) is 105 cm³/mol. The molecule has 2 atom stereocenters. The van der Waals surface area contributed by atoms with Gasteiger partial charge in [-0.3, -0.25) is 0 Å². The third-order valence-corrected chi connectivity index (χ3v) is 5.41. The first-order valence-corrected chi connectivity index (χ1v) is 9.63. The number of pyridine rings is 1. The van der Waals surface area contributed by atoms with Gasteiger partial charge in [0.05, 0.1) is 30.6 Å². The summed E-state index contributed by atoms with van der Waals surface area (Å²) >= 11 is 0. The van der Waals surface area contributed by atoms with Crippen molar-refractivity contribution < 1.29 is 9.13 Å². The molecule has 0 radical (unpaired) electrons. The summed E-state index contributed by atoms with van der Waals surface area (Å²) in [6.07, 6.45) is 2.87. The van der Waals surface area contributed by atoms with E-state index >= 15 is 0 Å². The number of rotatable bonds is 5. The Balaban J connectivity index is 1.57. The van der Waals surface area contributed by atoms with Gasteiger partial charge in [0.15, 0.2) is 5.65 Å². The maximum Gasteiger partial charge on any atom is 0.157 e. The number of aromatic nitrogens is 4. The van der Waals surface area contributed by atoms with Crippen molar-refractivity contribution in [1.29, 1.82) is 5.26 Å². The van der Waals surface area contributed by atoms with E-state index < -0.39 is 12.2 Å². The molecule has 1 saturated carbocycles. The van der Waals surface area contributed by atoms with Gasteiger partial charge >= 0.3 is 0 Å². The lowest BCUT2D eigenvalue weighted by atomic mass is 10.2. The molecule has 0 spiro atoms. The number of anilines is 1. The highest BCUT2D eigenvalue weighted by atomic mass is 19.1. The number of methoxy groups -OCH3 is 1. The van der Waals surface area contributed by atoms with E-state index in [4.69, 9.17) is 9.84 Å². The van der Waals surface area contributed by atoms with Crippen LogP contribution in [0.15, 0.2) is 24.4 Å². The molecule has 0 aromatic carbocycles. The lowest BCUT2D eigenvalue weighted by Gasteiger charge is -2.16. The van der Waals surface area contributed by atoms with Crippen molar-refractivity contribution in [2.75, 3.05) is 25.5 Å². The van der Waals surface area contributed by atoms with Crippen LogP contribution in [-0.4, -0.2) is 52.0 Å². The average Bonchev–Trinajstić information content (AvgIpc) is 3.39. The molecule has 3 aromatic heterocycles. The predicted octanol–water partition coefficient (Wildman–Crippen LogP) is 2.27. The Hall–Kier alpha value is -3.25. The second-order valence-electron chi connectivity index (χ2n) is 7.42. The van der Waals surface area contributed by atoms with E-state index in [1.165, 1.54) is 0 Å². The number of hydrogen-bond donors (Lipinski definition) is 2. The first-order chi connectivity index (χ1) is 14.2. The van der Waals surface area contributed by atoms with Crippen LogP contribution in [0.3, 0.4) is 0 Å². The summed E-state index contributed by atoms with van der Waals surface area (Å²) < 4.78 is 21.3. The molecule has 0 amide bonds. The normalized spacial score (nSPS) is 21.3. The fourth-order valence-corrected chi connectivity index (χ4v) is 3.66. The van der Waals surface area contributed by atoms with Gasteiger partial charge in [0.25, 0.3) is 0 Å². The highest BCUT2D eigenvalue weighted by Crippen LogP contribution is 2.43. The molecule has 4 heterocycles. The van der Waals surface area contributed by atoms with Crippen LogP contribution in [0.2, 0.25) is 0 Å². The molecule has 8 nitrogen and oxygen atoms in total. The molecule has 3 aromatic rings. The fraction of sp³-hybridized carbons (Fsp3) is 0.400. The maximum absolute atomic E-state index is 14.0. The number of hydrogen-bond acceptors (Lipinski definition) is 7. The van der Waals surface area contributed by atoms with Crippen LogP contribution in [0.4, 0.5) is 10.2 Å². The van der Waals surface area contributed by atoms with Gasteiger partial charge in [-0.25, -0.2) is 18.9 Å². The van der Waals surface area contributed by atoms with Crippen molar-refractivity contribution in [2.24, 2.45) is 0 Å². The first-order valence-electron chi connectivity index (χ1n) is 9.63. The van der Waals surface area contributed by atoms with Gasteiger partial charge in [0, 0.05) is 25.1 Å². The van der Waals surface area contributed by atoms with Crippen molar-refractivity contribution >= 4 is 11.5 Å². The van der Waals surface area contributed by atoms with Crippen molar-refractivity contribution in [2.45, 2.75) is 31.0 Å². The van der Waals surface area contributed by atoms with Crippen molar-refractivity contribution in [3.63, 3.8) is 0 Å². The lowest BCUT2D eigenvalue weighted by molar-refractivity contribution is 0.342. The van der Waals surface area contributed by atoms with E-state index in [1.54, 1.807) is 30.0 Å². The molecule has 2 aliphatic rings. The number of halogens is 1. The number of ether oxygens (including phenoxy) is 1. The van der Waals surface area contributed by atoms with Crippen LogP contribution < -0.4 is 15.4 Å². The molecule has 1 aliphatic heterocycles. The smallest absolute Gasteiger partial charge is 0.157 e. The second kappa shape index (κ2) is 6.97. The summed E-state index contributed by atoms with van der Waals surface area (Å²) in [6.45, 7) is 0.780. The summed E-state index contributed by atoms with van der Waals surface area (Å²) in [7, 11) is 1.64. The zero-order chi connectivity index (χ0) is 20.0. The van der Waals surface area contributed by atoms with Crippen LogP contribution in [0.25, 0.3) is 17.0 Å². The molecule has 1 aliphatic carbocycles. The molecule has 9 heteroatoms. The first kappa shape index (κ1) is 17.8. The van der Waals surface area contributed by atoms with Gasteiger partial charge in [-0.2, -0.15) is 10.4 Å². The van der Waals surface area contributed by atoms with E-state index in [-0.39, 0.29) is 0 Å². The summed E-state index contributed by atoms with van der Waals surface area (Å²) in [5.41, 5.74) is 3.27. The van der Waals surface area contributed by atoms with Gasteiger partial charge < -0.3 is 15.4 Å². The Morgan fingerprint density at radius 1 is 1.34 bits per heavy atom. The zero-order valence-corrected chi connectivity index (χ0v) is 15.9. The summed E-state index contributed by atoms with van der Waals surface area (Å²) in [5, 5.41) is 20.3. The Morgan fingerprint density at radius 2 is 2.21 bits per heavy atom. The van der Waals surface area contributed by atoms with Crippen molar-refractivity contribution in [3.05, 3.63) is 35.7 Å². The number of nitrogens with zero attached hydrogens (tertiary/aromatic N) is 5. The monoisotopic (exact) mass is 393 g/mol. The van der Waals surface area contributed by atoms with Gasteiger partial charge in [-0.15, -0.1) is 0 Å². The van der Waals surface area contributed by atoms with E-state index in [9.17, 15) is 9.65 Å². The van der Waals surface area contributed by atoms with Crippen LogP contribution in [0.5, 0.6) is 5.75 Å². The Morgan fingerprint density at radius 3 is 2.90 bits per heavy atom. The molecule has 0 bridgehead atoms. The minimum absolute atomic E-state index is 0.294.